The van der Waals surface area contributed by atoms with Crippen molar-refractivity contribution in [3.05, 3.63) is 46.9 Å². The van der Waals surface area contributed by atoms with Crippen LogP contribution in [0.2, 0.25) is 0 Å². The molecule has 28 heavy (non-hydrogen) atoms. The first-order chi connectivity index (χ1) is 13.7. The summed E-state index contributed by atoms with van der Waals surface area (Å²) in [5, 5.41) is 17.5. The summed E-state index contributed by atoms with van der Waals surface area (Å²) >= 11 is 3.18. The lowest BCUT2D eigenvalue weighted by molar-refractivity contribution is 1.12. The van der Waals surface area contributed by atoms with E-state index in [4.69, 9.17) is 0 Å². The molecule has 0 saturated carbocycles. The van der Waals surface area contributed by atoms with E-state index in [-0.39, 0.29) is 0 Å². The van der Waals surface area contributed by atoms with E-state index in [1.807, 2.05) is 56.6 Å². The molecule has 0 fully saturated rings. The monoisotopic (exact) mass is 409 g/mol. The second-order valence-electron chi connectivity index (χ2n) is 5.73. The number of aromatic nitrogens is 5. The molecule has 0 bridgehead atoms. The molecule has 0 radical (unpaired) electrons. The normalized spacial score (nSPS) is 10.7. The van der Waals surface area contributed by atoms with Crippen LogP contribution < -0.4 is 10.6 Å². The number of thiazole rings is 1. The Morgan fingerprint density at radius 2 is 1.93 bits per heavy atom. The van der Waals surface area contributed by atoms with Gasteiger partial charge in [0.05, 0.1) is 21.9 Å². The third-order valence-corrected chi connectivity index (χ3v) is 5.59. The maximum absolute atomic E-state index is 4.66. The SMILES string of the molecule is CC.Cc1cnc(Nc2nc(Nc3ccc4[nH]ncc4c3)c3sccc3n2)s1. The smallest absolute Gasteiger partial charge is 0.231 e. The highest BCUT2D eigenvalue weighted by Crippen LogP contribution is 2.31. The number of hydrogen-bond acceptors (Lipinski definition) is 8. The summed E-state index contributed by atoms with van der Waals surface area (Å²) in [4.78, 5) is 14.7. The van der Waals surface area contributed by atoms with E-state index >= 15 is 0 Å². The van der Waals surface area contributed by atoms with Crippen LogP contribution in [0.1, 0.15) is 18.7 Å². The zero-order valence-electron chi connectivity index (χ0n) is 15.6. The van der Waals surface area contributed by atoms with Crippen LogP contribution in [0.15, 0.2) is 42.0 Å². The average molecular weight is 410 g/mol. The van der Waals surface area contributed by atoms with Crippen LogP contribution >= 0.6 is 22.7 Å². The number of fused-ring (bicyclic) bond motifs is 2. The van der Waals surface area contributed by atoms with Crippen LogP contribution in [0.4, 0.5) is 22.6 Å². The molecule has 0 aliphatic rings. The van der Waals surface area contributed by atoms with Gasteiger partial charge in [-0.3, -0.25) is 10.4 Å². The highest BCUT2D eigenvalue weighted by molar-refractivity contribution is 7.17. The van der Waals surface area contributed by atoms with E-state index in [1.54, 1.807) is 28.9 Å². The largest absolute Gasteiger partial charge is 0.339 e. The minimum atomic E-state index is 0.525. The summed E-state index contributed by atoms with van der Waals surface area (Å²) in [6, 6.07) is 8.02. The Bertz CT molecular complexity index is 1220. The molecule has 9 heteroatoms. The van der Waals surface area contributed by atoms with Gasteiger partial charge in [0.2, 0.25) is 5.95 Å². The lowest BCUT2D eigenvalue weighted by Crippen LogP contribution is -2.01. The molecule has 4 aromatic heterocycles. The standard InChI is InChI=1S/C17H13N7S2.C2H6/c1-9-7-18-17(26-9)23-16-21-13-4-5-25-14(13)15(22-16)20-11-2-3-12-10(6-11)8-19-24-12;1-2/h2-8H,1H3,(H,19,24)(H2,18,20,21,22,23);1-2H3. The Kier molecular flexibility index (Phi) is 5.18. The highest BCUT2D eigenvalue weighted by Gasteiger charge is 2.11. The summed E-state index contributed by atoms with van der Waals surface area (Å²) < 4.78 is 1.01. The Morgan fingerprint density at radius 3 is 2.75 bits per heavy atom. The molecule has 0 atom stereocenters. The van der Waals surface area contributed by atoms with E-state index in [0.717, 1.165) is 42.6 Å². The number of nitrogens with zero attached hydrogens (tertiary/aromatic N) is 4. The topological polar surface area (TPSA) is 91.4 Å². The van der Waals surface area contributed by atoms with Gasteiger partial charge in [0, 0.05) is 22.1 Å². The van der Waals surface area contributed by atoms with Crippen molar-refractivity contribution in [2.24, 2.45) is 0 Å². The second kappa shape index (κ2) is 7.91. The molecule has 4 heterocycles. The Morgan fingerprint density at radius 1 is 1.04 bits per heavy atom. The number of thiophene rings is 1. The number of anilines is 4. The van der Waals surface area contributed by atoms with E-state index < -0.39 is 0 Å². The molecule has 0 aliphatic carbocycles. The Hall–Kier alpha value is -3.04. The first-order valence-electron chi connectivity index (χ1n) is 8.89. The van der Waals surface area contributed by atoms with Gasteiger partial charge in [-0.2, -0.15) is 10.1 Å². The number of H-pyrrole nitrogens is 1. The second-order valence-corrected chi connectivity index (χ2v) is 7.88. The molecule has 5 aromatic rings. The molecule has 0 saturated heterocycles. The summed E-state index contributed by atoms with van der Waals surface area (Å²) in [6.07, 6.45) is 3.63. The predicted octanol–water partition coefficient (Wildman–Crippen LogP) is 5.85. The summed E-state index contributed by atoms with van der Waals surface area (Å²) in [5.74, 6) is 1.29. The molecule has 0 amide bonds. The number of aromatic amines is 1. The number of hydrogen-bond donors (Lipinski definition) is 3. The summed E-state index contributed by atoms with van der Waals surface area (Å²) in [6.45, 7) is 6.02. The van der Waals surface area contributed by atoms with Gasteiger partial charge in [-0.1, -0.05) is 13.8 Å². The van der Waals surface area contributed by atoms with Crippen LogP contribution in [0.3, 0.4) is 0 Å². The molecule has 142 valence electrons. The molecule has 0 unspecified atom stereocenters. The summed E-state index contributed by atoms with van der Waals surface area (Å²) in [7, 11) is 0. The minimum Gasteiger partial charge on any atom is -0.339 e. The van der Waals surface area contributed by atoms with Gasteiger partial charge in [-0.15, -0.1) is 22.7 Å². The van der Waals surface area contributed by atoms with E-state index in [2.05, 4.69) is 35.8 Å². The Labute approximate surface area is 169 Å². The maximum atomic E-state index is 4.66. The number of benzene rings is 1. The lowest BCUT2D eigenvalue weighted by Gasteiger charge is -2.09. The fraction of sp³-hybridized carbons (Fsp3) is 0.158. The quantitative estimate of drug-likeness (QED) is 0.345. The van der Waals surface area contributed by atoms with Gasteiger partial charge in [-0.25, -0.2) is 9.97 Å². The predicted molar refractivity (Wildman–Crippen MR) is 118 cm³/mol. The molecule has 3 N–H and O–H groups in total. The van der Waals surface area contributed by atoms with Crippen LogP contribution in [0, 0.1) is 6.92 Å². The van der Waals surface area contributed by atoms with E-state index in [1.165, 1.54) is 0 Å². The molecule has 5 rings (SSSR count). The molecule has 0 aliphatic heterocycles. The fourth-order valence-corrected chi connectivity index (χ4v) is 4.10. The number of aryl methyl sites for hydroxylation is 1. The molecular weight excluding hydrogens is 390 g/mol. The van der Waals surface area contributed by atoms with Crippen LogP contribution in [0.25, 0.3) is 21.1 Å². The van der Waals surface area contributed by atoms with E-state index in [0.29, 0.717) is 5.95 Å². The first-order valence-corrected chi connectivity index (χ1v) is 10.6. The van der Waals surface area contributed by atoms with Crippen LogP contribution in [0.5, 0.6) is 0 Å². The zero-order chi connectivity index (χ0) is 19.5. The fourth-order valence-electron chi connectivity index (χ4n) is 2.67. The van der Waals surface area contributed by atoms with Crippen molar-refractivity contribution in [3.8, 4) is 0 Å². The summed E-state index contributed by atoms with van der Waals surface area (Å²) in [5.41, 5.74) is 2.84. The van der Waals surface area contributed by atoms with Crippen molar-refractivity contribution in [3.63, 3.8) is 0 Å². The first kappa shape index (κ1) is 18.3. The van der Waals surface area contributed by atoms with Gasteiger partial charge < -0.3 is 5.32 Å². The minimum absolute atomic E-state index is 0.525. The van der Waals surface area contributed by atoms with Gasteiger partial charge in [-0.05, 0) is 36.6 Å². The lowest BCUT2D eigenvalue weighted by atomic mass is 10.2. The van der Waals surface area contributed by atoms with Crippen molar-refractivity contribution in [1.29, 1.82) is 0 Å². The third-order valence-electron chi connectivity index (χ3n) is 3.85. The van der Waals surface area contributed by atoms with Crippen molar-refractivity contribution in [2.45, 2.75) is 20.8 Å². The van der Waals surface area contributed by atoms with Crippen molar-refractivity contribution in [1.82, 2.24) is 25.1 Å². The van der Waals surface area contributed by atoms with Crippen molar-refractivity contribution in [2.75, 3.05) is 10.6 Å². The average Bonchev–Trinajstić information content (AvgIpc) is 3.44. The Balaban J connectivity index is 0.000000932. The molecular formula is C19H19N7S2. The van der Waals surface area contributed by atoms with Crippen molar-refractivity contribution < 1.29 is 0 Å². The van der Waals surface area contributed by atoms with Gasteiger partial charge in [0.25, 0.3) is 0 Å². The third kappa shape index (κ3) is 3.67. The van der Waals surface area contributed by atoms with E-state index in [9.17, 15) is 0 Å². The van der Waals surface area contributed by atoms with Gasteiger partial charge in [0.15, 0.2) is 10.9 Å². The van der Waals surface area contributed by atoms with Crippen molar-refractivity contribution >= 4 is 66.4 Å². The molecule has 0 spiro atoms. The molecule has 7 nitrogen and oxygen atoms in total. The highest BCUT2D eigenvalue weighted by atomic mass is 32.1. The molecule has 1 aromatic carbocycles. The van der Waals surface area contributed by atoms with Gasteiger partial charge in [0.1, 0.15) is 0 Å². The number of nitrogens with one attached hydrogen (secondary N) is 3. The van der Waals surface area contributed by atoms with Crippen LogP contribution in [-0.2, 0) is 0 Å². The maximum Gasteiger partial charge on any atom is 0.231 e. The van der Waals surface area contributed by atoms with Crippen LogP contribution in [-0.4, -0.2) is 25.1 Å². The number of rotatable bonds is 4. The zero-order valence-corrected chi connectivity index (χ0v) is 17.3. The van der Waals surface area contributed by atoms with Gasteiger partial charge >= 0.3 is 0 Å².